The molecular formula is C17H12BrClFN3O. The molecule has 24 heavy (non-hydrogen) atoms. The zero-order valence-electron chi connectivity index (χ0n) is 12.3. The van der Waals surface area contributed by atoms with E-state index in [0.717, 1.165) is 5.56 Å². The van der Waals surface area contributed by atoms with Gasteiger partial charge in [0.15, 0.2) is 0 Å². The highest BCUT2D eigenvalue weighted by Crippen LogP contribution is 2.20. The molecular weight excluding hydrogens is 397 g/mol. The molecule has 0 aliphatic rings. The van der Waals surface area contributed by atoms with Gasteiger partial charge in [0.2, 0.25) is 0 Å². The lowest BCUT2D eigenvalue weighted by Crippen LogP contribution is -2.12. The lowest BCUT2D eigenvalue weighted by Gasteiger charge is -2.05. The molecule has 122 valence electrons. The standard InChI is InChI=1S/C17H12BrClFN3O/c18-15-4-2-1-3-14(15)17(24)22-13-8-21-23(10-13)9-11-5-6-12(20)7-16(11)19/h1-8,10H,9H2,(H,22,24). The van der Waals surface area contributed by atoms with E-state index in [-0.39, 0.29) is 11.7 Å². The van der Waals surface area contributed by atoms with Crippen LogP contribution in [0.1, 0.15) is 15.9 Å². The Morgan fingerprint density at radius 1 is 1.29 bits per heavy atom. The molecule has 1 aromatic heterocycles. The van der Waals surface area contributed by atoms with Crippen molar-refractivity contribution in [3.63, 3.8) is 0 Å². The van der Waals surface area contributed by atoms with Gasteiger partial charge in [-0.05, 0) is 45.8 Å². The maximum absolute atomic E-state index is 13.1. The van der Waals surface area contributed by atoms with Gasteiger partial charge in [-0.15, -0.1) is 0 Å². The predicted molar refractivity (Wildman–Crippen MR) is 94.8 cm³/mol. The Morgan fingerprint density at radius 2 is 2.08 bits per heavy atom. The molecule has 0 spiro atoms. The molecule has 3 rings (SSSR count). The van der Waals surface area contributed by atoms with Crippen LogP contribution in [-0.4, -0.2) is 15.7 Å². The number of aromatic nitrogens is 2. The second kappa shape index (κ2) is 7.15. The number of nitrogens with zero attached hydrogens (tertiary/aromatic N) is 2. The summed E-state index contributed by atoms with van der Waals surface area (Å²) in [6, 6.07) is 11.4. The summed E-state index contributed by atoms with van der Waals surface area (Å²) < 4.78 is 15.4. The maximum Gasteiger partial charge on any atom is 0.256 e. The summed E-state index contributed by atoms with van der Waals surface area (Å²) >= 11 is 9.36. The van der Waals surface area contributed by atoms with E-state index in [1.165, 1.54) is 12.1 Å². The van der Waals surface area contributed by atoms with Crippen molar-refractivity contribution in [2.24, 2.45) is 0 Å². The Labute approximate surface area is 151 Å². The first-order chi connectivity index (χ1) is 11.5. The third-order valence-electron chi connectivity index (χ3n) is 3.36. The fourth-order valence-electron chi connectivity index (χ4n) is 2.18. The van der Waals surface area contributed by atoms with E-state index in [0.29, 0.717) is 27.3 Å². The molecule has 1 heterocycles. The van der Waals surface area contributed by atoms with E-state index in [1.54, 1.807) is 41.3 Å². The van der Waals surface area contributed by atoms with Crippen molar-refractivity contribution < 1.29 is 9.18 Å². The van der Waals surface area contributed by atoms with Crippen molar-refractivity contribution in [2.75, 3.05) is 5.32 Å². The molecule has 0 fully saturated rings. The van der Waals surface area contributed by atoms with Gasteiger partial charge in [0.25, 0.3) is 5.91 Å². The monoisotopic (exact) mass is 407 g/mol. The Balaban J connectivity index is 1.72. The van der Waals surface area contributed by atoms with E-state index in [2.05, 4.69) is 26.3 Å². The fourth-order valence-corrected chi connectivity index (χ4v) is 2.87. The van der Waals surface area contributed by atoms with E-state index in [1.807, 2.05) is 6.07 Å². The molecule has 0 radical (unpaired) electrons. The molecule has 1 N–H and O–H groups in total. The smallest absolute Gasteiger partial charge is 0.256 e. The van der Waals surface area contributed by atoms with Crippen molar-refractivity contribution >= 4 is 39.1 Å². The first-order valence-electron chi connectivity index (χ1n) is 7.05. The van der Waals surface area contributed by atoms with E-state index in [4.69, 9.17) is 11.6 Å². The SMILES string of the molecule is O=C(Nc1cnn(Cc2ccc(F)cc2Cl)c1)c1ccccc1Br. The number of hydrogen-bond acceptors (Lipinski definition) is 2. The van der Waals surface area contributed by atoms with E-state index in [9.17, 15) is 9.18 Å². The Kier molecular flexibility index (Phi) is 4.97. The Bertz CT molecular complexity index is 897. The summed E-state index contributed by atoms with van der Waals surface area (Å²) in [5.74, 6) is -0.618. The van der Waals surface area contributed by atoms with Gasteiger partial charge in [0.1, 0.15) is 5.82 Å². The number of carbonyl (C=O) groups excluding carboxylic acids is 1. The number of anilines is 1. The van der Waals surface area contributed by atoms with Gasteiger partial charge in [0, 0.05) is 15.7 Å². The summed E-state index contributed by atoms with van der Waals surface area (Å²) in [6.45, 7) is 0.379. The summed E-state index contributed by atoms with van der Waals surface area (Å²) in [4.78, 5) is 12.3. The normalized spacial score (nSPS) is 10.6. The Hall–Kier alpha value is -2.18. The number of halogens is 3. The average Bonchev–Trinajstić information content (AvgIpc) is 2.97. The van der Waals surface area contributed by atoms with Crippen molar-refractivity contribution in [3.05, 3.63) is 81.3 Å². The zero-order valence-corrected chi connectivity index (χ0v) is 14.7. The van der Waals surface area contributed by atoms with E-state index < -0.39 is 0 Å². The highest BCUT2D eigenvalue weighted by atomic mass is 79.9. The van der Waals surface area contributed by atoms with Crippen LogP contribution >= 0.6 is 27.5 Å². The predicted octanol–water partition coefficient (Wildman–Crippen LogP) is 4.74. The van der Waals surface area contributed by atoms with Crippen molar-refractivity contribution in [1.82, 2.24) is 9.78 Å². The lowest BCUT2D eigenvalue weighted by atomic mass is 10.2. The first-order valence-corrected chi connectivity index (χ1v) is 8.22. The fraction of sp³-hybridized carbons (Fsp3) is 0.0588. The second-order valence-electron chi connectivity index (χ2n) is 5.10. The molecule has 0 unspecified atom stereocenters. The van der Waals surface area contributed by atoms with E-state index >= 15 is 0 Å². The topological polar surface area (TPSA) is 46.9 Å². The molecule has 0 aliphatic carbocycles. The second-order valence-corrected chi connectivity index (χ2v) is 6.36. The van der Waals surface area contributed by atoms with Crippen LogP contribution in [0.25, 0.3) is 0 Å². The van der Waals surface area contributed by atoms with Gasteiger partial charge in [-0.3, -0.25) is 9.48 Å². The third-order valence-corrected chi connectivity index (χ3v) is 4.40. The van der Waals surface area contributed by atoms with Crippen LogP contribution in [0.5, 0.6) is 0 Å². The van der Waals surface area contributed by atoms with Crippen LogP contribution in [0, 0.1) is 5.82 Å². The third kappa shape index (κ3) is 3.83. The molecule has 2 aromatic carbocycles. The Morgan fingerprint density at radius 3 is 2.83 bits per heavy atom. The number of rotatable bonds is 4. The minimum atomic E-state index is -0.384. The lowest BCUT2D eigenvalue weighted by molar-refractivity contribution is 0.102. The van der Waals surface area contributed by atoms with Crippen LogP contribution < -0.4 is 5.32 Å². The summed E-state index contributed by atoms with van der Waals surface area (Å²) in [5, 5.41) is 7.30. The molecule has 0 aliphatic heterocycles. The minimum Gasteiger partial charge on any atom is -0.319 e. The zero-order chi connectivity index (χ0) is 17.1. The van der Waals surface area contributed by atoms with Crippen molar-refractivity contribution in [3.8, 4) is 0 Å². The number of carbonyl (C=O) groups is 1. The van der Waals surface area contributed by atoms with Crippen LogP contribution in [0.4, 0.5) is 10.1 Å². The highest BCUT2D eigenvalue weighted by Gasteiger charge is 2.11. The quantitative estimate of drug-likeness (QED) is 0.678. The highest BCUT2D eigenvalue weighted by molar-refractivity contribution is 9.10. The number of amides is 1. The van der Waals surface area contributed by atoms with Crippen molar-refractivity contribution in [1.29, 1.82) is 0 Å². The molecule has 0 bridgehead atoms. The van der Waals surface area contributed by atoms with Gasteiger partial charge >= 0.3 is 0 Å². The first kappa shape index (κ1) is 16.7. The average molecular weight is 409 g/mol. The van der Waals surface area contributed by atoms with Gasteiger partial charge in [-0.25, -0.2) is 4.39 Å². The summed E-state index contributed by atoms with van der Waals surface area (Å²) in [5.41, 5.74) is 1.84. The summed E-state index contributed by atoms with van der Waals surface area (Å²) in [7, 11) is 0. The molecule has 4 nitrogen and oxygen atoms in total. The van der Waals surface area contributed by atoms with Crippen LogP contribution in [-0.2, 0) is 6.54 Å². The van der Waals surface area contributed by atoms with Crippen LogP contribution in [0.3, 0.4) is 0 Å². The number of nitrogens with one attached hydrogen (secondary N) is 1. The molecule has 0 saturated carbocycles. The van der Waals surface area contributed by atoms with Crippen LogP contribution in [0.2, 0.25) is 5.02 Å². The van der Waals surface area contributed by atoms with Crippen LogP contribution in [0.15, 0.2) is 59.3 Å². The molecule has 0 atom stereocenters. The maximum atomic E-state index is 13.1. The van der Waals surface area contributed by atoms with Gasteiger partial charge < -0.3 is 5.32 Å². The molecule has 1 amide bonds. The van der Waals surface area contributed by atoms with Gasteiger partial charge in [0.05, 0.1) is 24.0 Å². The molecule has 0 saturated heterocycles. The number of hydrogen-bond donors (Lipinski definition) is 1. The number of benzene rings is 2. The summed E-state index contributed by atoms with van der Waals surface area (Å²) in [6.07, 6.45) is 3.24. The molecule has 3 aromatic rings. The van der Waals surface area contributed by atoms with Gasteiger partial charge in [-0.1, -0.05) is 29.8 Å². The molecule has 7 heteroatoms. The van der Waals surface area contributed by atoms with Gasteiger partial charge in [-0.2, -0.15) is 5.10 Å². The minimum absolute atomic E-state index is 0.234. The largest absolute Gasteiger partial charge is 0.319 e. The van der Waals surface area contributed by atoms with Crippen molar-refractivity contribution in [2.45, 2.75) is 6.54 Å².